The van der Waals surface area contributed by atoms with Crippen LogP contribution in [0.5, 0.6) is 5.75 Å². The van der Waals surface area contributed by atoms with E-state index in [0.717, 1.165) is 61.4 Å². The Morgan fingerprint density at radius 2 is 1.04 bits per heavy atom. The monoisotopic (exact) mass is 1180 g/mol. The fraction of sp³-hybridized carbons (Fsp3) is 0.314. The van der Waals surface area contributed by atoms with Gasteiger partial charge in [0, 0.05) is 44.1 Å². The van der Waals surface area contributed by atoms with Gasteiger partial charge in [0.05, 0.1) is 22.3 Å². The van der Waals surface area contributed by atoms with E-state index in [-0.39, 0.29) is 55.2 Å². The Hall–Kier alpha value is -6.29. The predicted octanol–water partition coefficient (Wildman–Crippen LogP) is 16.1. The Labute approximate surface area is 469 Å². The predicted molar refractivity (Wildman–Crippen MR) is 322 cm³/mol. The van der Waals surface area contributed by atoms with Crippen LogP contribution < -0.4 is 16.4 Å². The first kappa shape index (κ1) is 55.9. The van der Waals surface area contributed by atoms with Gasteiger partial charge in [-0.05, 0) is 110 Å². The van der Waals surface area contributed by atoms with E-state index in [1.807, 2.05) is 6.20 Å². The Morgan fingerprint density at radius 3 is 1.59 bits per heavy atom. The Balaban J connectivity index is 0.00000765. The van der Waals surface area contributed by atoms with Crippen LogP contribution >= 0.6 is 0 Å². The molecule has 9 rings (SSSR count). The number of hydrogen-bond donors (Lipinski definition) is 1. The van der Waals surface area contributed by atoms with Crippen LogP contribution in [0.2, 0.25) is 0 Å². The summed E-state index contributed by atoms with van der Waals surface area (Å²) >= 11 is 0. The number of hydrogen-bond acceptors (Lipinski definition) is 3. The van der Waals surface area contributed by atoms with E-state index in [0.29, 0.717) is 11.4 Å². The van der Waals surface area contributed by atoms with Crippen molar-refractivity contribution in [3.8, 4) is 56.3 Å². The third-order valence-corrected chi connectivity index (χ3v) is 15.4. The molecule has 2 heterocycles. The molecule has 4 nitrogen and oxygen atoms in total. The number of benzene rings is 7. The van der Waals surface area contributed by atoms with E-state index in [1.165, 1.54) is 60.9 Å². The maximum absolute atomic E-state index is 12.7. The van der Waals surface area contributed by atoms with Crippen LogP contribution in [0.4, 0.5) is 0 Å². The number of imidazole rings is 1. The number of phenols is 1. The minimum Gasteiger partial charge on any atom is -0.507 e. The minimum atomic E-state index is -0.342. The van der Waals surface area contributed by atoms with Gasteiger partial charge in [-0.3, -0.25) is 9.55 Å². The van der Waals surface area contributed by atoms with Gasteiger partial charge in [0.1, 0.15) is 11.6 Å². The van der Waals surface area contributed by atoms with Crippen molar-refractivity contribution in [3.05, 3.63) is 195 Å². The van der Waals surface area contributed by atoms with E-state index in [2.05, 4.69) is 263 Å². The molecule has 1 N–H and O–H groups in total. The van der Waals surface area contributed by atoms with Gasteiger partial charge in [-0.2, -0.15) is 0 Å². The number of pyridine rings is 1. The number of rotatable bonds is 8. The second-order valence-corrected chi connectivity index (χ2v) is 25.7. The fourth-order valence-corrected chi connectivity index (χ4v) is 11.4. The SMILES string of the molecule is Cc1cc(C)c(B(c2ccnc(-c3[c-]c(-c4cccc5c4nc(-c4cc(C(C)(C)C)cc(C(C)(C)C)c4O)n5-c4ccc(C(C)(C)C)cc4-c4ccccc4)cc(C(C)(C)C)c3)c2)c2c(C)cc(C)cc2C)c(C)c1.[Pt]. The van der Waals surface area contributed by atoms with Gasteiger partial charge >= 0.3 is 0 Å². The zero-order chi connectivity index (χ0) is 54.3. The van der Waals surface area contributed by atoms with Crippen molar-refractivity contribution in [2.75, 3.05) is 0 Å². The summed E-state index contributed by atoms with van der Waals surface area (Å²) in [6, 6.07) is 50.8. The molecule has 0 saturated carbocycles. The summed E-state index contributed by atoms with van der Waals surface area (Å²) in [4.78, 5) is 10.9. The summed E-state index contributed by atoms with van der Waals surface area (Å²) in [5, 5.41) is 12.7. The molecule has 0 bridgehead atoms. The molecule has 0 amide bonds. The third-order valence-electron chi connectivity index (χ3n) is 15.4. The van der Waals surface area contributed by atoms with Crippen molar-refractivity contribution in [1.82, 2.24) is 14.5 Å². The molecule has 76 heavy (non-hydrogen) atoms. The molecule has 0 aliphatic carbocycles. The van der Waals surface area contributed by atoms with Gasteiger partial charge < -0.3 is 5.11 Å². The normalized spacial score (nSPS) is 12.3. The molecule has 0 radical (unpaired) electrons. The zero-order valence-electron chi connectivity index (χ0n) is 48.4. The molecule has 9 aromatic rings. The van der Waals surface area contributed by atoms with Crippen molar-refractivity contribution >= 4 is 34.1 Å². The number of phenolic OH excluding ortho intramolecular Hbond substituents is 1. The first-order valence-electron chi connectivity index (χ1n) is 26.9. The Bertz CT molecular complexity index is 3560. The molecule has 0 fully saturated rings. The van der Waals surface area contributed by atoms with Crippen LogP contribution in [0, 0.1) is 47.6 Å². The maximum Gasteiger partial charge on any atom is 0.241 e. The summed E-state index contributed by atoms with van der Waals surface area (Å²) in [5.41, 5.74) is 24.6. The molecule has 0 unspecified atom stereocenters. The third kappa shape index (κ3) is 10.8. The standard InChI is InChI=1S/C70H77BN3O.Pt/c1-42-31-44(3)62(45(4)32-42)71(63-46(5)33-43(2)34-47(63)6)54-29-30-72-59(41-54)50-35-49(36-52(37-50)68(10,11)12)55-25-22-26-61-64(55)73-66(57-39-53(69(13,14)15)40-58(65(57)75)70(16,17)18)74(61)60-28-27-51(67(7,8)9)38-56(60)48-23-20-19-21-24-48;/h19-34,36-41,75H,1-18H3;/q-1;. The zero-order valence-corrected chi connectivity index (χ0v) is 50.7. The first-order chi connectivity index (χ1) is 35.1. The molecule has 0 spiro atoms. The fourth-order valence-electron chi connectivity index (χ4n) is 11.4. The van der Waals surface area contributed by atoms with Gasteiger partial charge in [0.2, 0.25) is 6.71 Å². The molecule has 0 atom stereocenters. The van der Waals surface area contributed by atoms with Crippen LogP contribution in [0.15, 0.2) is 134 Å². The van der Waals surface area contributed by atoms with Gasteiger partial charge in [-0.25, -0.2) is 4.98 Å². The van der Waals surface area contributed by atoms with Crippen molar-refractivity contribution in [1.29, 1.82) is 0 Å². The molecule has 2 aromatic heterocycles. The van der Waals surface area contributed by atoms with E-state index < -0.39 is 0 Å². The number of nitrogens with zero attached hydrogens (tertiary/aromatic N) is 3. The van der Waals surface area contributed by atoms with Crippen molar-refractivity contribution in [2.24, 2.45) is 0 Å². The quantitative estimate of drug-likeness (QED) is 0.122. The summed E-state index contributed by atoms with van der Waals surface area (Å²) in [7, 11) is 0. The average Bonchev–Trinajstić information content (AvgIpc) is 3.77. The molecular formula is C70H77BN3OPt-. The summed E-state index contributed by atoms with van der Waals surface area (Å²) in [5.74, 6) is 0.935. The minimum absolute atomic E-state index is 0. The van der Waals surface area contributed by atoms with Gasteiger partial charge in [-0.1, -0.05) is 229 Å². The van der Waals surface area contributed by atoms with Gasteiger partial charge in [0.15, 0.2) is 0 Å². The Kier molecular flexibility index (Phi) is 15.1. The molecule has 0 saturated heterocycles. The molecule has 6 heteroatoms. The second-order valence-electron chi connectivity index (χ2n) is 25.7. The number of para-hydroxylation sites is 1. The summed E-state index contributed by atoms with van der Waals surface area (Å²) < 4.78 is 2.30. The van der Waals surface area contributed by atoms with Crippen LogP contribution in [0.3, 0.4) is 0 Å². The largest absolute Gasteiger partial charge is 0.507 e. The Morgan fingerprint density at radius 1 is 0.500 bits per heavy atom. The van der Waals surface area contributed by atoms with Crippen LogP contribution in [-0.4, -0.2) is 26.4 Å². The van der Waals surface area contributed by atoms with E-state index in [1.54, 1.807) is 0 Å². The summed E-state index contributed by atoms with van der Waals surface area (Å²) in [6.07, 6.45) is 1.99. The number of aromatic nitrogens is 3. The van der Waals surface area contributed by atoms with Crippen LogP contribution in [0.1, 0.15) is 139 Å². The van der Waals surface area contributed by atoms with E-state index in [4.69, 9.17) is 9.97 Å². The first-order valence-corrected chi connectivity index (χ1v) is 26.9. The summed E-state index contributed by atoms with van der Waals surface area (Å²) in [6.45, 7) is 40.3. The van der Waals surface area contributed by atoms with E-state index >= 15 is 0 Å². The van der Waals surface area contributed by atoms with Crippen molar-refractivity contribution in [3.63, 3.8) is 0 Å². The average molecular weight is 1180 g/mol. The molecule has 0 aliphatic rings. The molecule has 0 aliphatic heterocycles. The smallest absolute Gasteiger partial charge is 0.241 e. The van der Waals surface area contributed by atoms with Crippen LogP contribution in [-0.2, 0) is 42.7 Å². The van der Waals surface area contributed by atoms with E-state index in [9.17, 15) is 5.11 Å². The number of aromatic hydroxyl groups is 1. The van der Waals surface area contributed by atoms with Crippen molar-refractivity contribution in [2.45, 2.75) is 146 Å². The molecular weight excluding hydrogens is 1100 g/mol. The molecule has 7 aromatic carbocycles. The van der Waals surface area contributed by atoms with Gasteiger partial charge in [0.25, 0.3) is 0 Å². The van der Waals surface area contributed by atoms with Crippen molar-refractivity contribution < 1.29 is 26.2 Å². The topological polar surface area (TPSA) is 50.9 Å². The number of aryl methyl sites for hydroxylation is 6. The maximum atomic E-state index is 12.7. The number of fused-ring (bicyclic) bond motifs is 1. The van der Waals surface area contributed by atoms with Crippen LogP contribution in [0.25, 0.3) is 61.6 Å². The van der Waals surface area contributed by atoms with Gasteiger partial charge in [-0.15, -0.1) is 29.3 Å². The second kappa shape index (κ2) is 20.6. The molecule has 392 valence electrons.